The highest BCUT2D eigenvalue weighted by Gasteiger charge is 2.30. The standard InChI is InChI=1S/C29H21F5N2O3/c30-28(31)39-25-11-4-1-6-20(25)17-35-26(37)19-7-5-8-22(16-19)36-27(38)24-10-3-2-9-23(24)18-12-14-21(15-13-18)29(32,33)34/h1-16,28H,17H2,(H,35,37)(H,36,38). The van der Waals surface area contributed by atoms with Gasteiger partial charge < -0.3 is 15.4 Å². The Balaban J connectivity index is 1.47. The maximum atomic E-state index is 13.1. The molecule has 0 saturated carbocycles. The minimum atomic E-state index is -4.48. The van der Waals surface area contributed by atoms with E-state index in [-0.39, 0.29) is 23.4 Å². The molecule has 200 valence electrons. The molecule has 0 spiro atoms. The van der Waals surface area contributed by atoms with Crippen LogP contribution in [0.5, 0.6) is 5.75 Å². The minimum absolute atomic E-state index is 0.0551. The number of hydrogen-bond acceptors (Lipinski definition) is 3. The number of para-hydroxylation sites is 1. The van der Waals surface area contributed by atoms with Gasteiger partial charge >= 0.3 is 12.8 Å². The van der Waals surface area contributed by atoms with E-state index in [2.05, 4.69) is 15.4 Å². The highest BCUT2D eigenvalue weighted by Crippen LogP contribution is 2.32. The van der Waals surface area contributed by atoms with Crippen LogP contribution in [-0.2, 0) is 12.7 Å². The van der Waals surface area contributed by atoms with Crippen molar-refractivity contribution in [3.63, 3.8) is 0 Å². The van der Waals surface area contributed by atoms with Crippen molar-refractivity contribution >= 4 is 17.5 Å². The zero-order valence-corrected chi connectivity index (χ0v) is 20.1. The molecule has 5 nitrogen and oxygen atoms in total. The summed E-state index contributed by atoms with van der Waals surface area (Å²) in [6.45, 7) is -3.08. The first-order valence-corrected chi connectivity index (χ1v) is 11.6. The number of carbonyl (C=O) groups excluding carboxylic acids is 2. The van der Waals surface area contributed by atoms with Crippen molar-refractivity contribution < 1.29 is 36.3 Å². The summed E-state index contributed by atoms with van der Waals surface area (Å²) in [5.74, 6) is -1.09. The summed E-state index contributed by atoms with van der Waals surface area (Å²) in [6.07, 6.45) is -4.48. The van der Waals surface area contributed by atoms with Crippen LogP contribution in [-0.4, -0.2) is 18.4 Å². The molecule has 0 heterocycles. The number of nitrogens with one attached hydrogen (secondary N) is 2. The van der Waals surface area contributed by atoms with E-state index >= 15 is 0 Å². The number of ether oxygens (including phenoxy) is 1. The van der Waals surface area contributed by atoms with Crippen molar-refractivity contribution in [3.8, 4) is 16.9 Å². The predicted molar refractivity (Wildman–Crippen MR) is 136 cm³/mol. The molecule has 2 amide bonds. The van der Waals surface area contributed by atoms with Gasteiger partial charge in [0.1, 0.15) is 5.75 Å². The summed E-state index contributed by atoms with van der Waals surface area (Å²) >= 11 is 0. The average Bonchev–Trinajstić information content (AvgIpc) is 2.92. The Labute approximate surface area is 220 Å². The lowest BCUT2D eigenvalue weighted by Gasteiger charge is -2.13. The Kier molecular flexibility index (Phi) is 8.24. The van der Waals surface area contributed by atoms with Crippen molar-refractivity contribution in [2.45, 2.75) is 19.3 Å². The van der Waals surface area contributed by atoms with Gasteiger partial charge in [-0.25, -0.2) is 0 Å². The molecule has 4 rings (SSSR count). The fraction of sp³-hybridized carbons (Fsp3) is 0.103. The topological polar surface area (TPSA) is 67.4 Å². The third-order valence-corrected chi connectivity index (χ3v) is 5.71. The zero-order chi connectivity index (χ0) is 28.0. The van der Waals surface area contributed by atoms with Crippen LogP contribution in [0.25, 0.3) is 11.1 Å². The fourth-order valence-corrected chi connectivity index (χ4v) is 3.85. The third-order valence-electron chi connectivity index (χ3n) is 5.71. The maximum absolute atomic E-state index is 13.1. The molecule has 10 heteroatoms. The van der Waals surface area contributed by atoms with Crippen LogP contribution in [0.2, 0.25) is 0 Å². The second-order valence-corrected chi connectivity index (χ2v) is 8.32. The van der Waals surface area contributed by atoms with Gasteiger partial charge in [0.25, 0.3) is 11.8 Å². The molecule has 0 atom stereocenters. The molecule has 0 unspecified atom stereocenters. The lowest BCUT2D eigenvalue weighted by atomic mass is 9.98. The van der Waals surface area contributed by atoms with Gasteiger partial charge in [-0.05, 0) is 53.6 Å². The first-order valence-electron chi connectivity index (χ1n) is 11.6. The van der Waals surface area contributed by atoms with Gasteiger partial charge in [0.05, 0.1) is 5.56 Å². The van der Waals surface area contributed by atoms with Gasteiger partial charge in [0.15, 0.2) is 0 Å². The van der Waals surface area contributed by atoms with Gasteiger partial charge in [0.2, 0.25) is 0 Å². The molecule has 4 aromatic rings. The molecule has 0 fully saturated rings. The molecule has 0 aliphatic rings. The van der Waals surface area contributed by atoms with E-state index in [1.165, 1.54) is 42.5 Å². The quantitative estimate of drug-likeness (QED) is 0.233. The van der Waals surface area contributed by atoms with Crippen molar-refractivity contribution in [3.05, 3.63) is 119 Å². The number of carbonyl (C=O) groups is 2. The second kappa shape index (κ2) is 11.8. The van der Waals surface area contributed by atoms with Crippen molar-refractivity contribution in [1.82, 2.24) is 5.32 Å². The van der Waals surface area contributed by atoms with E-state index in [4.69, 9.17) is 0 Å². The molecule has 0 bridgehead atoms. The molecule has 4 aromatic carbocycles. The SMILES string of the molecule is O=C(NCc1ccccc1OC(F)F)c1cccc(NC(=O)c2ccccc2-c2ccc(C(F)(F)F)cc2)c1. The first kappa shape index (κ1) is 27.3. The van der Waals surface area contributed by atoms with Gasteiger partial charge in [0, 0.05) is 28.9 Å². The van der Waals surface area contributed by atoms with E-state index in [0.717, 1.165) is 12.1 Å². The summed E-state index contributed by atoms with van der Waals surface area (Å²) < 4.78 is 68.5. The number of halogens is 5. The molecule has 0 aromatic heterocycles. The second-order valence-electron chi connectivity index (χ2n) is 8.32. The molecule has 2 N–H and O–H groups in total. The van der Waals surface area contributed by atoms with E-state index < -0.39 is 30.2 Å². The van der Waals surface area contributed by atoms with E-state index in [1.807, 2.05) is 0 Å². The van der Waals surface area contributed by atoms with Crippen LogP contribution in [0.1, 0.15) is 31.8 Å². The van der Waals surface area contributed by atoms with Crippen LogP contribution in [0.15, 0.2) is 97.1 Å². The van der Waals surface area contributed by atoms with E-state index in [0.29, 0.717) is 22.4 Å². The lowest BCUT2D eigenvalue weighted by molar-refractivity contribution is -0.137. The largest absolute Gasteiger partial charge is 0.434 e. The van der Waals surface area contributed by atoms with Crippen LogP contribution >= 0.6 is 0 Å². The summed E-state index contributed by atoms with van der Waals surface area (Å²) in [5.41, 5.74) is 1.15. The molecule has 0 saturated heterocycles. The predicted octanol–water partition coefficient (Wildman–Crippen LogP) is 7.16. The average molecular weight is 540 g/mol. The Morgan fingerprint density at radius 3 is 2.21 bits per heavy atom. The summed E-state index contributed by atoms with van der Waals surface area (Å²) in [7, 11) is 0. The number of amides is 2. The van der Waals surface area contributed by atoms with Crippen LogP contribution in [0.4, 0.5) is 27.6 Å². The van der Waals surface area contributed by atoms with Crippen LogP contribution in [0, 0.1) is 0 Å². The highest BCUT2D eigenvalue weighted by atomic mass is 19.4. The molecule has 0 aliphatic heterocycles. The summed E-state index contributed by atoms with van der Waals surface area (Å²) in [6, 6.07) is 23.1. The summed E-state index contributed by atoms with van der Waals surface area (Å²) in [5, 5.41) is 5.33. The van der Waals surface area contributed by atoms with E-state index in [9.17, 15) is 31.5 Å². The van der Waals surface area contributed by atoms with Crippen molar-refractivity contribution in [2.75, 3.05) is 5.32 Å². The maximum Gasteiger partial charge on any atom is 0.416 e. The van der Waals surface area contributed by atoms with Gasteiger partial charge in [-0.2, -0.15) is 22.0 Å². The van der Waals surface area contributed by atoms with Crippen LogP contribution in [0.3, 0.4) is 0 Å². The number of alkyl halides is 5. The number of hydrogen-bond donors (Lipinski definition) is 2. The monoisotopic (exact) mass is 540 g/mol. The molecule has 0 radical (unpaired) electrons. The fourth-order valence-electron chi connectivity index (χ4n) is 3.85. The molecular weight excluding hydrogens is 519 g/mol. The minimum Gasteiger partial charge on any atom is -0.434 e. The van der Waals surface area contributed by atoms with Crippen molar-refractivity contribution in [2.24, 2.45) is 0 Å². The highest BCUT2D eigenvalue weighted by molar-refractivity contribution is 6.09. The van der Waals surface area contributed by atoms with E-state index in [1.54, 1.807) is 42.5 Å². The molecular formula is C29H21F5N2O3. The van der Waals surface area contributed by atoms with Crippen LogP contribution < -0.4 is 15.4 Å². The first-order chi connectivity index (χ1) is 18.6. The molecule has 39 heavy (non-hydrogen) atoms. The Bertz CT molecular complexity index is 1470. The number of benzene rings is 4. The van der Waals surface area contributed by atoms with Gasteiger partial charge in [-0.3, -0.25) is 9.59 Å². The van der Waals surface area contributed by atoms with Gasteiger partial charge in [-0.15, -0.1) is 0 Å². The van der Waals surface area contributed by atoms with Gasteiger partial charge in [-0.1, -0.05) is 54.6 Å². The van der Waals surface area contributed by atoms with Crippen molar-refractivity contribution in [1.29, 1.82) is 0 Å². The Morgan fingerprint density at radius 1 is 0.795 bits per heavy atom. The Hall–Kier alpha value is -4.73. The number of rotatable bonds is 8. The normalized spacial score (nSPS) is 11.2. The Morgan fingerprint density at radius 2 is 1.49 bits per heavy atom. The number of anilines is 1. The third kappa shape index (κ3) is 6.98. The zero-order valence-electron chi connectivity index (χ0n) is 20.1. The lowest BCUT2D eigenvalue weighted by Crippen LogP contribution is -2.23. The molecule has 0 aliphatic carbocycles. The summed E-state index contributed by atoms with van der Waals surface area (Å²) in [4.78, 5) is 25.8. The smallest absolute Gasteiger partial charge is 0.416 e.